The molecular formula is C20H28N2O2. The summed E-state index contributed by atoms with van der Waals surface area (Å²) >= 11 is 0. The van der Waals surface area contributed by atoms with Crippen LogP contribution in [0.1, 0.15) is 37.1 Å². The molecule has 0 spiro atoms. The van der Waals surface area contributed by atoms with Crippen LogP contribution in [0.15, 0.2) is 35.9 Å². The van der Waals surface area contributed by atoms with E-state index in [2.05, 4.69) is 48.1 Å². The first-order chi connectivity index (χ1) is 11.6. The van der Waals surface area contributed by atoms with Crippen LogP contribution in [0.5, 0.6) is 0 Å². The number of nitrogens with zero attached hydrogens (tertiary/aromatic N) is 1. The van der Waals surface area contributed by atoms with Gasteiger partial charge >= 0.3 is 0 Å². The molecule has 0 aliphatic carbocycles. The Balaban J connectivity index is 2.03. The number of aliphatic hydroxyl groups excluding tert-OH is 2. The Morgan fingerprint density at radius 1 is 1.33 bits per heavy atom. The van der Waals surface area contributed by atoms with Crippen molar-refractivity contribution in [3.63, 3.8) is 0 Å². The number of likely N-dealkylation sites (N-methyl/N-ethyl adjacent to an activating group) is 1. The molecule has 3 rings (SSSR count). The lowest BCUT2D eigenvalue weighted by Gasteiger charge is -2.28. The number of para-hydroxylation sites is 1. The van der Waals surface area contributed by atoms with Crippen molar-refractivity contribution in [1.82, 2.24) is 9.88 Å². The maximum Gasteiger partial charge on any atom is 0.0946 e. The monoisotopic (exact) mass is 328 g/mol. The minimum absolute atomic E-state index is 0.151. The normalized spacial score (nSPS) is 25.1. The van der Waals surface area contributed by atoms with Crippen LogP contribution in [0.3, 0.4) is 0 Å². The minimum Gasteiger partial charge on any atom is -0.396 e. The van der Waals surface area contributed by atoms with E-state index in [1.165, 1.54) is 16.5 Å². The maximum absolute atomic E-state index is 10.9. The summed E-state index contributed by atoms with van der Waals surface area (Å²) in [5, 5.41) is 21.6. The number of fused-ring (bicyclic) bond motifs is 3. The first kappa shape index (κ1) is 17.2. The highest BCUT2D eigenvalue weighted by Gasteiger charge is 2.25. The van der Waals surface area contributed by atoms with E-state index in [0.717, 1.165) is 30.7 Å². The SMILES string of the molecule is CC=C1CN(C)CCc2c([nH]c3ccccc23)C(O)CC1CCO. The van der Waals surface area contributed by atoms with Gasteiger partial charge in [-0.25, -0.2) is 0 Å². The van der Waals surface area contributed by atoms with Crippen molar-refractivity contribution in [2.24, 2.45) is 5.92 Å². The van der Waals surface area contributed by atoms with Gasteiger partial charge in [-0.2, -0.15) is 0 Å². The molecular weight excluding hydrogens is 300 g/mol. The molecule has 1 aromatic heterocycles. The third-order valence-electron chi connectivity index (χ3n) is 5.26. The van der Waals surface area contributed by atoms with Gasteiger partial charge in [0.25, 0.3) is 0 Å². The fourth-order valence-electron chi connectivity index (χ4n) is 3.92. The number of aromatic nitrogens is 1. The van der Waals surface area contributed by atoms with E-state index in [4.69, 9.17) is 0 Å². The molecule has 1 aromatic carbocycles. The number of hydrogen-bond acceptors (Lipinski definition) is 3. The Hall–Kier alpha value is -1.62. The van der Waals surface area contributed by atoms with Crippen molar-refractivity contribution in [3.8, 4) is 0 Å². The quantitative estimate of drug-likeness (QED) is 0.743. The second-order valence-corrected chi connectivity index (χ2v) is 6.87. The highest BCUT2D eigenvalue weighted by Crippen LogP contribution is 2.34. The van der Waals surface area contributed by atoms with Gasteiger partial charge < -0.3 is 20.1 Å². The predicted octanol–water partition coefficient (Wildman–Crippen LogP) is 3.02. The Morgan fingerprint density at radius 2 is 2.12 bits per heavy atom. The molecule has 2 heterocycles. The van der Waals surface area contributed by atoms with Crippen LogP contribution in [0.4, 0.5) is 0 Å². The van der Waals surface area contributed by atoms with Gasteiger partial charge in [0.05, 0.1) is 6.10 Å². The van der Waals surface area contributed by atoms with Gasteiger partial charge in [-0.05, 0) is 50.8 Å². The Morgan fingerprint density at radius 3 is 2.88 bits per heavy atom. The zero-order valence-corrected chi connectivity index (χ0v) is 14.6. The van der Waals surface area contributed by atoms with Crippen molar-refractivity contribution in [2.75, 3.05) is 26.7 Å². The fraction of sp³-hybridized carbons (Fsp3) is 0.500. The Kier molecular flexibility index (Phi) is 5.39. The molecule has 130 valence electrons. The van der Waals surface area contributed by atoms with Crippen molar-refractivity contribution >= 4 is 10.9 Å². The van der Waals surface area contributed by atoms with Crippen molar-refractivity contribution in [3.05, 3.63) is 47.2 Å². The molecule has 0 amide bonds. The molecule has 0 saturated heterocycles. The molecule has 1 aliphatic heterocycles. The second-order valence-electron chi connectivity index (χ2n) is 6.87. The maximum atomic E-state index is 10.9. The lowest BCUT2D eigenvalue weighted by atomic mass is 9.87. The average Bonchev–Trinajstić information content (AvgIpc) is 2.96. The lowest BCUT2D eigenvalue weighted by molar-refractivity contribution is 0.133. The number of allylic oxidation sites excluding steroid dienone is 1. The van der Waals surface area contributed by atoms with Crippen LogP contribution in [0.2, 0.25) is 0 Å². The van der Waals surface area contributed by atoms with Crippen LogP contribution < -0.4 is 0 Å². The average molecular weight is 328 g/mol. The summed E-state index contributed by atoms with van der Waals surface area (Å²) in [5.74, 6) is 0.204. The summed E-state index contributed by atoms with van der Waals surface area (Å²) in [6.07, 6.45) is 3.89. The summed E-state index contributed by atoms with van der Waals surface area (Å²) in [6.45, 7) is 4.05. The standard InChI is InChI=1S/C20H28N2O2/c1-3-14-13-22(2)10-8-17-16-6-4-5-7-18(16)21-20(17)19(24)12-15(14)9-11-23/h3-7,15,19,21,23-24H,8-13H2,1-2H3. The topological polar surface area (TPSA) is 59.5 Å². The van der Waals surface area contributed by atoms with Crippen molar-refractivity contribution in [1.29, 1.82) is 0 Å². The second kappa shape index (κ2) is 7.51. The molecule has 0 saturated carbocycles. The summed E-state index contributed by atoms with van der Waals surface area (Å²) in [7, 11) is 2.14. The van der Waals surface area contributed by atoms with E-state index in [-0.39, 0.29) is 12.5 Å². The van der Waals surface area contributed by atoms with Gasteiger partial charge in [-0.15, -0.1) is 0 Å². The summed E-state index contributed by atoms with van der Waals surface area (Å²) < 4.78 is 0. The fourth-order valence-corrected chi connectivity index (χ4v) is 3.92. The molecule has 0 fully saturated rings. The number of aliphatic hydroxyl groups is 2. The molecule has 2 aromatic rings. The van der Waals surface area contributed by atoms with Crippen LogP contribution in [-0.2, 0) is 6.42 Å². The molecule has 24 heavy (non-hydrogen) atoms. The van der Waals surface area contributed by atoms with Crippen LogP contribution in [0.25, 0.3) is 10.9 Å². The van der Waals surface area contributed by atoms with Gasteiger partial charge in [0.15, 0.2) is 0 Å². The molecule has 3 N–H and O–H groups in total. The number of nitrogens with one attached hydrogen (secondary N) is 1. The number of benzene rings is 1. The zero-order valence-electron chi connectivity index (χ0n) is 14.6. The highest BCUT2D eigenvalue weighted by molar-refractivity contribution is 5.84. The van der Waals surface area contributed by atoms with Crippen LogP contribution in [-0.4, -0.2) is 46.8 Å². The number of aromatic amines is 1. The first-order valence-electron chi connectivity index (χ1n) is 8.86. The van der Waals surface area contributed by atoms with Gasteiger partial charge in [-0.1, -0.05) is 29.8 Å². The number of H-pyrrole nitrogens is 1. The van der Waals surface area contributed by atoms with E-state index in [9.17, 15) is 10.2 Å². The van der Waals surface area contributed by atoms with Gasteiger partial charge in [0.1, 0.15) is 0 Å². The van der Waals surface area contributed by atoms with Gasteiger partial charge in [0, 0.05) is 36.3 Å². The zero-order chi connectivity index (χ0) is 17.1. The van der Waals surface area contributed by atoms with Crippen molar-refractivity contribution < 1.29 is 10.2 Å². The van der Waals surface area contributed by atoms with E-state index < -0.39 is 6.10 Å². The Labute approximate surface area is 143 Å². The van der Waals surface area contributed by atoms with Crippen LogP contribution >= 0.6 is 0 Å². The summed E-state index contributed by atoms with van der Waals surface area (Å²) in [6, 6.07) is 8.28. The third-order valence-corrected chi connectivity index (χ3v) is 5.26. The van der Waals surface area contributed by atoms with Gasteiger partial charge in [0.2, 0.25) is 0 Å². The van der Waals surface area contributed by atoms with E-state index in [1.54, 1.807) is 0 Å². The number of hydrogen-bond donors (Lipinski definition) is 3. The van der Waals surface area contributed by atoms with E-state index >= 15 is 0 Å². The minimum atomic E-state index is -0.526. The first-order valence-corrected chi connectivity index (χ1v) is 8.86. The summed E-state index contributed by atoms with van der Waals surface area (Å²) in [4.78, 5) is 5.78. The molecule has 4 nitrogen and oxygen atoms in total. The van der Waals surface area contributed by atoms with Crippen LogP contribution in [0, 0.1) is 5.92 Å². The molecule has 2 unspecified atom stereocenters. The third kappa shape index (κ3) is 3.41. The molecule has 2 atom stereocenters. The number of rotatable bonds is 2. The summed E-state index contributed by atoms with van der Waals surface area (Å²) in [5.41, 5.74) is 4.58. The molecule has 1 aliphatic rings. The van der Waals surface area contributed by atoms with E-state index in [0.29, 0.717) is 12.8 Å². The predicted molar refractivity (Wildman–Crippen MR) is 98.0 cm³/mol. The lowest BCUT2D eigenvalue weighted by Crippen LogP contribution is -2.28. The smallest absolute Gasteiger partial charge is 0.0946 e. The Bertz CT molecular complexity index is 719. The molecule has 4 heteroatoms. The molecule has 0 radical (unpaired) electrons. The van der Waals surface area contributed by atoms with Crippen molar-refractivity contribution in [2.45, 2.75) is 32.3 Å². The molecule has 0 bridgehead atoms. The van der Waals surface area contributed by atoms with E-state index in [1.807, 2.05) is 6.07 Å². The largest absolute Gasteiger partial charge is 0.396 e. The highest BCUT2D eigenvalue weighted by atomic mass is 16.3. The van der Waals surface area contributed by atoms with Gasteiger partial charge in [-0.3, -0.25) is 0 Å².